The predicted octanol–water partition coefficient (Wildman–Crippen LogP) is 1.85. The molecule has 0 saturated carbocycles. The maximum Gasteiger partial charge on any atom is 0.217 e. The summed E-state index contributed by atoms with van der Waals surface area (Å²) in [6, 6.07) is -0.781. The molecule has 0 radical (unpaired) electrons. The lowest BCUT2D eigenvalue weighted by atomic mass is 9.73. The maximum absolute atomic E-state index is 12.6. The predicted molar refractivity (Wildman–Crippen MR) is 137 cm³/mol. The second-order valence-corrected chi connectivity index (χ2v) is 12.1. The van der Waals surface area contributed by atoms with Gasteiger partial charge < -0.3 is 39.6 Å². The summed E-state index contributed by atoms with van der Waals surface area (Å²) in [5.41, 5.74) is -2.40. The van der Waals surface area contributed by atoms with Gasteiger partial charge in [-0.1, -0.05) is 34.1 Å². The van der Waals surface area contributed by atoms with E-state index in [4.69, 9.17) is 18.9 Å². The third kappa shape index (κ3) is 7.50. The molecular weight excluding hydrogens is 482 g/mol. The van der Waals surface area contributed by atoms with Gasteiger partial charge in [0.05, 0.1) is 30.5 Å². The van der Waals surface area contributed by atoms with E-state index in [0.29, 0.717) is 6.42 Å². The number of hydrogen-bond acceptors (Lipinski definition) is 9. The van der Waals surface area contributed by atoms with E-state index < -0.39 is 72.2 Å². The Bertz CT molecular complexity index is 788. The van der Waals surface area contributed by atoms with Gasteiger partial charge in [0.15, 0.2) is 12.1 Å². The van der Waals surface area contributed by atoms with Crippen molar-refractivity contribution in [2.75, 3.05) is 6.61 Å². The van der Waals surface area contributed by atoms with Crippen molar-refractivity contribution in [1.82, 2.24) is 5.32 Å². The molecule has 2 rings (SSSR count). The molecule has 2 aliphatic rings. The Kier molecular flexibility index (Phi) is 10.7. The Morgan fingerprint density at radius 2 is 1.73 bits per heavy atom. The fourth-order valence-corrected chi connectivity index (χ4v) is 5.27. The highest BCUT2D eigenvalue weighted by Gasteiger charge is 2.57. The largest absolute Gasteiger partial charge is 0.393 e. The van der Waals surface area contributed by atoms with Crippen LogP contribution < -0.4 is 5.32 Å². The normalized spacial score (nSPS) is 37.3. The first-order chi connectivity index (χ1) is 17.0. The van der Waals surface area contributed by atoms with Crippen LogP contribution in [0, 0.1) is 5.41 Å². The summed E-state index contributed by atoms with van der Waals surface area (Å²) in [6.45, 7) is 15.6. The van der Waals surface area contributed by atoms with E-state index in [-0.39, 0.29) is 18.1 Å². The second kappa shape index (κ2) is 12.4. The van der Waals surface area contributed by atoms with Crippen molar-refractivity contribution in [2.24, 2.45) is 5.41 Å². The first kappa shape index (κ1) is 32.1. The quantitative estimate of drug-likeness (QED) is 0.314. The molecule has 0 spiro atoms. The summed E-state index contributed by atoms with van der Waals surface area (Å²) in [6.07, 6.45) is -4.80. The summed E-state index contributed by atoms with van der Waals surface area (Å²) in [5.74, 6) is -0.655. The third-order valence-corrected chi connectivity index (χ3v) is 7.81. The van der Waals surface area contributed by atoms with Gasteiger partial charge in [0.1, 0.15) is 30.0 Å². The van der Waals surface area contributed by atoms with Crippen molar-refractivity contribution in [3.8, 4) is 0 Å². The first-order valence-electron chi connectivity index (χ1n) is 13.4. The van der Waals surface area contributed by atoms with Crippen LogP contribution in [-0.4, -0.2) is 93.8 Å². The van der Waals surface area contributed by atoms with Crippen LogP contribution in [-0.2, 0) is 28.5 Å². The van der Waals surface area contributed by atoms with Gasteiger partial charge in [0.25, 0.3) is 0 Å². The van der Waals surface area contributed by atoms with Crippen molar-refractivity contribution >= 4 is 11.7 Å². The highest BCUT2D eigenvalue weighted by molar-refractivity contribution is 5.81. The number of rotatable bonds is 11. The molecule has 2 saturated heterocycles. The van der Waals surface area contributed by atoms with E-state index in [1.54, 1.807) is 6.92 Å². The number of aliphatic hydroxyl groups is 3. The van der Waals surface area contributed by atoms with Crippen LogP contribution in [0.3, 0.4) is 0 Å². The molecule has 7 unspecified atom stereocenters. The number of carbonyl (C=O) groups excluding carboxylic acids is 2. The molecule has 0 bridgehead atoms. The Morgan fingerprint density at radius 3 is 2.22 bits per heavy atom. The smallest absolute Gasteiger partial charge is 0.217 e. The molecule has 2 fully saturated rings. The van der Waals surface area contributed by atoms with Crippen LogP contribution in [0.1, 0.15) is 88.0 Å². The second-order valence-electron chi connectivity index (χ2n) is 12.1. The standard InChI is InChI=1S/C27H49NO9/c1-10-12-26(7,8)36-21-17(32)13-18(34-20(21)15(3)30)35-22-19(28-16(4)31)24(25(5,6)11-2)37-27(9,14-29)23(22)33/h17-24,29,32-33H,10-14H2,1-9H3,(H,28,31)/t17-,18+,19?,20?,21?,22?,23?,24?,27?/m1/s1. The van der Waals surface area contributed by atoms with E-state index in [1.165, 1.54) is 13.8 Å². The highest BCUT2D eigenvalue weighted by Crippen LogP contribution is 2.42. The number of nitrogens with one attached hydrogen (secondary N) is 1. The van der Waals surface area contributed by atoms with E-state index in [0.717, 1.165) is 12.8 Å². The summed E-state index contributed by atoms with van der Waals surface area (Å²) in [7, 11) is 0. The monoisotopic (exact) mass is 531 g/mol. The lowest BCUT2D eigenvalue weighted by molar-refractivity contribution is -0.323. The zero-order valence-corrected chi connectivity index (χ0v) is 23.9. The van der Waals surface area contributed by atoms with Crippen molar-refractivity contribution in [3.63, 3.8) is 0 Å². The van der Waals surface area contributed by atoms with Gasteiger partial charge in [-0.25, -0.2) is 0 Å². The minimum absolute atomic E-state index is 0.00873. The molecule has 0 aromatic carbocycles. The fraction of sp³-hybridized carbons (Fsp3) is 0.926. The van der Waals surface area contributed by atoms with Crippen LogP contribution in [0.2, 0.25) is 0 Å². The minimum Gasteiger partial charge on any atom is -0.393 e. The van der Waals surface area contributed by atoms with Crippen LogP contribution in [0.5, 0.6) is 0 Å². The van der Waals surface area contributed by atoms with Crippen LogP contribution >= 0.6 is 0 Å². The molecule has 0 aromatic heterocycles. The Hall–Kier alpha value is -1.14. The SMILES string of the molecule is CCCC(C)(C)OC1C(C(C)=O)O[C@@H](OC2C(NC(C)=O)C(C(C)(C)CC)OC(C)(CO)C2O)C[C@H]1O. The van der Waals surface area contributed by atoms with Crippen LogP contribution in [0.25, 0.3) is 0 Å². The van der Waals surface area contributed by atoms with Gasteiger partial charge in [-0.2, -0.15) is 0 Å². The van der Waals surface area contributed by atoms with Gasteiger partial charge in [0, 0.05) is 13.3 Å². The number of amides is 1. The molecule has 2 heterocycles. The summed E-state index contributed by atoms with van der Waals surface area (Å²) in [5, 5.41) is 35.3. The first-order valence-corrected chi connectivity index (χ1v) is 13.4. The average molecular weight is 532 g/mol. The molecule has 4 N–H and O–H groups in total. The highest BCUT2D eigenvalue weighted by atomic mass is 16.7. The molecule has 0 aliphatic carbocycles. The third-order valence-electron chi connectivity index (χ3n) is 7.81. The lowest BCUT2D eigenvalue weighted by Gasteiger charge is -2.54. The van der Waals surface area contributed by atoms with Gasteiger partial charge in [0.2, 0.25) is 5.91 Å². The van der Waals surface area contributed by atoms with Gasteiger partial charge in [-0.3, -0.25) is 9.59 Å². The molecule has 216 valence electrons. The number of carbonyl (C=O) groups is 2. The number of hydrogen-bond donors (Lipinski definition) is 4. The molecule has 9 atom stereocenters. The van der Waals surface area contributed by atoms with Crippen molar-refractivity contribution < 1.29 is 43.9 Å². The summed E-state index contributed by atoms with van der Waals surface area (Å²) in [4.78, 5) is 24.7. The van der Waals surface area contributed by atoms with E-state index >= 15 is 0 Å². The average Bonchev–Trinajstić information content (AvgIpc) is 2.79. The van der Waals surface area contributed by atoms with Gasteiger partial charge >= 0.3 is 0 Å². The van der Waals surface area contributed by atoms with Crippen molar-refractivity contribution in [2.45, 2.75) is 148 Å². The Morgan fingerprint density at radius 1 is 1.11 bits per heavy atom. The zero-order chi connectivity index (χ0) is 28.3. The Labute approximate surface area is 221 Å². The summed E-state index contributed by atoms with van der Waals surface area (Å²) >= 11 is 0. The molecule has 0 aromatic rings. The van der Waals surface area contributed by atoms with Gasteiger partial charge in [-0.15, -0.1) is 0 Å². The molecule has 1 amide bonds. The Balaban J connectivity index is 2.39. The maximum atomic E-state index is 12.6. The lowest BCUT2D eigenvalue weighted by Crippen LogP contribution is -2.72. The molecular formula is C27H49NO9. The topological polar surface area (TPSA) is 144 Å². The van der Waals surface area contributed by atoms with E-state index in [1.807, 2.05) is 41.5 Å². The van der Waals surface area contributed by atoms with Crippen molar-refractivity contribution in [1.29, 1.82) is 0 Å². The number of ether oxygens (including phenoxy) is 4. The van der Waals surface area contributed by atoms with Crippen LogP contribution in [0.4, 0.5) is 0 Å². The summed E-state index contributed by atoms with van der Waals surface area (Å²) < 4.78 is 24.7. The zero-order valence-electron chi connectivity index (χ0n) is 23.9. The van der Waals surface area contributed by atoms with Gasteiger partial charge in [-0.05, 0) is 46.0 Å². The molecule has 10 nitrogen and oxygen atoms in total. The van der Waals surface area contributed by atoms with Crippen molar-refractivity contribution in [3.05, 3.63) is 0 Å². The fourth-order valence-electron chi connectivity index (χ4n) is 5.27. The van der Waals surface area contributed by atoms with E-state index in [9.17, 15) is 24.9 Å². The minimum atomic E-state index is -1.38. The molecule has 2 aliphatic heterocycles. The molecule has 37 heavy (non-hydrogen) atoms. The van der Waals surface area contributed by atoms with E-state index in [2.05, 4.69) is 5.32 Å². The number of aliphatic hydroxyl groups excluding tert-OH is 3. The number of ketones is 1. The van der Waals surface area contributed by atoms with Crippen LogP contribution in [0.15, 0.2) is 0 Å². The molecule has 10 heteroatoms. The number of Topliss-reactive ketones (excluding diaryl/α,β-unsaturated/α-hetero) is 1.